The van der Waals surface area contributed by atoms with E-state index >= 15 is 0 Å². The number of hydrogen-bond donors (Lipinski definition) is 0. The van der Waals surface area contributed by atoms with E-state index in [1.54, 1.807) is 6.92 Å². The van der Waals surface area contributed by atoms with Gasteiger partial charge in [-0.15, -0.1) is 0 Å². The van der Waals surface area contributed by atoms with Crippen LogP contribution in [0.4, 0.5) is 0 Å². The fraction of sp³-hybridized carbons (Fsp3) is 0.429. The normalized spacial score (nSPS) is 9.08. The van der Waals surface area contributed by atoms with E-state index < -0.39 is 11.9 Å². The van der Waals surface area contributed by atoms with Crippen molar-refractivity contribution in [1.82, 2.24) is 0 Å². The average molecular weight is 221 g/mol. The van der Waals surface area contributed by atoms with E-state index in [1.165, 1.54) is 12.2 Å². The van der Waals surface area contributed by atoms with Crippen LogP contribution in [0.1, 0.15) is 13.3 Å². The van der Waals surface area contributed by atoms with Crippen molar-refractivity contribution in [3.05, 3.63) is 12.2 Å². The number of ether oxygens (including phenoxy) is 1. The molecule has 0 atom stereocenters. The van der Waals surface area contributed by atoms with Gasteiger partial charge < -0.3 is 14.6 Å². The van der Waals surface area contributed by atoms with Gasteiger partial charge in [-0.25, -0.2) is 4.79 Å². The van der Waals surface area contributed by atoms with Gasteiger partial charge >= 0.3 is 23.0 Å². The molecule has 0 unspecified atom stereocenters. The molecule has 0 rings (SSSR count). The number of carboxylic acids is 1. The molecule has 5 heteroatoms. The summed E-state index contributed by atoms with van der Waals surface area (Å²) in [6.45, 7) is 1.53. The van der Waals surface area contributed by atoms with Crippen LogP contribution in [0.5, 0.6) is 0 Å². The Labute approximate surface area is 81.1 Å². The van der Waals surface area contributed by atoms with E-state index in [2.05, 4.69) is 4.74 Å². The molecule has 4 nitrogen and oxygen atoms in total. The van der Waals surface area contributed by atoms with Crippen molar-refractivity contribution in [2.45, 2.75) is 13.3 Å². The van der Waals surface area contributed by atoms with Crippen LogP contribution in [0, 0.1) is 0 Å². The Balaban J connectivity index is 0. The van der Waals surface area contributed by atoms with E-state index in [4.69, 9.17) is 0 Å². The van der Waals surface area contributed by atoms with Crippen molar-refractivity contribution < 1.29 is 36.5 Å². The fourth-order valence-corrected chi connectivity index (χ4v) is 0.419. The Morgan fingerprint density at radius 2 is 2.08 bits per heavy atom. The number of rotatable bonds is 4. The third-order valence-electron chi connectivity index (χ3n) is 0.853. The molecule has 0 aliphatic rings. The molecule has 0 aromatic carbocycles. The van der Waals surface area contributed by atoms with E-state index in [1.807, 2.05) is 0 Å². The molecule has 0 radical (unpaired) electrons. The molecule has 0 fully saturated rings. The average Bonchev–Trinajstić information content (AvgIpc) is 1.87. The summed E-state index contributed by atoms with van der Waals surface area (Å²) in [5, 5.41) is 9.82. The van der Waals surface area contributed by atoms with E-state index in [9.17, 15) is 14.7 Å². The summed E-state index contributed by atoms with van der Waals surface area (Å²) >= 11 is 0. The molecule has 0 saturated carbocycles. The number of carboxylic acid groups (broad SMARTS) is 1. The largest absolute Gasteiger partial charge is 1.00 e. The van der Waals surface area contributed by atoms with Crippen LogP contribution in [-0.4, -0.2) is 18.5 Å². The number of carbonyl (C=O) groups is 2. The number of aliphatic carboxylic acids is 1. The minimum Gasteiger partial charge on any atom is -0.550 e. The maximum atomic E-state index is 10.5. The molecule has 0 spiro atoms. The Hall–Kier alpha value is -0.801. The summed E-state index contributed by atoms with van der Waals surface area (Å²) in [6.07, 6.45) is 2.47. The molecular weight excluding hydrogens is 212 g/mol. The quantitative estimate of drug-likeness (QED) is 0.355. The van der Waals surface area contributed by atoms with Gasteiger partial charge in [0.05, 0.1) is 6.61 Å². The molecule has 0 amide bonds. The van der Waals surface area contributed by atoms with Crippen LogP contribution in [0.3, 0.4) is 0 Å². The molecule has 72 valence electrons. The first kappa shape index (κ1) is 13.8. The molecule has 0 saturated heterocycles. The molecule has 0 aliphatic heterocycles. The van der Waals surface area contributed by atoms with E-state index in [-0.39, 0.29) is 30.1 Å². The molecule has 0 heterocycles. The number of esters is 1. The number of allylic oxidation sites excluding steroid dienone is 1. The molecule has 0 bridgehead atoms. The van der Waals surface area contributed by atoms with Gasteiger partial charge in [0.2, 0.25) is 0 Å². The van der Waals surface area contributed by atoms with Gasteiger partial charge in [0.25, 0.3) is 0 Å². The Bertz CT molecular complexity index is 176. The maximum Gasteiger partial charge on any atom is 1.00 e. The Kier molecular flexibility index (Phi) is 9.52. The van der Waals surface area contributed by atoms with Crippen LogP contribution < -0.4 is 5.11 Å². The predicted octanol–water partition coefficient (Wildman–Crippen LogP) is -0.757. The first-order valence-electron chi connectivity index (χ1n) is 3.16. The topological polar surface area (TPSA) is 66.4 Å². The molecular formula is C7H9CuO4. The molecule has 0 aromatic heterocycles. The zero-order valence-electron chi connectivity index (χ0n) is 6.50. The second-order valence-corrected chi connectivity index (χ2v) is 1.79. The smallest absolute Gasteiger partial charge is 0.550 e. The predicted molar refractivity (Wildman–Crippen MR) is 35.4 cm³/mol. The van der Waals surface area contributed by atoms with Gasteiger partial charge in [0.15, 0.2) is 0 Å². The number of hydrogen-bond acceptors (Lipinski definition) is 4. The second kappa shape index (κ2) is 8.30. The molecule has 0 aromatic rings. The standard InChI is InChI=1S/C7H10O4.Cu/c1-2-3-7(10)11-5-4-6(8)9;/h2-3H,4-5H2,1H3,(H,8,9);/q;+1/p-1. The van der Waals surface area contributed by atoms with Gasteiger partial charge in [-0.2, -0.15) is 0 Å². The summed E-state index contributed by atoms with van der Waals surface area (Å²) in [6, 6.07) is 0. The third-order valence-corrected chi connectivity index (χ3v) is 0.853. The van der Waals surface area contributed by atoms with Crippen molar-refractivity contribution in [3.8, 4) is 0 Å². The first-order valence-corrected chi connectivity index (χ1v) is 3.16. The van der Waals surface area contributed by atoms with Gasteiger partial charge in [-0.05, 0) is 6.92 Å². The summed E-state index contributed by atoms with van der Waals surface area (Å²) in [5.41, 5.74) is 0. The maximum absolute atomic E-state index is 10.5. The summed E-state index contributed by atoms with van der Waals surface area (Å²) in [5.74, 6) is -1.76. The second-order valence-electron chi connectivity index (χ2n) is 1.79. The summed E-state index contributed by atoms with van der Waals surface area (Å²) < 4.78 is 4.45. The van der Waals surface area contributed by atoms with Crippen molar-refractivity contribution in [2.24, 2.45) is 0 Å². The van der Waals surface area contributed by atoms with Crippen molar-refractivity contribution in [3.63, 3.8) is 0 Å². The van der Waals surface area contributed by atoms with E-state index in [0.717, 1.165) is 0 Å². The SMILES string of the molecule is CC=CC(=O)OCCC(=O)[O-].[Cu+]. The first-order chi connectivity index (χ1) is 5.16. The fourth-order valence-electron chi connectivity index (χ4n) is 0.419. The monoisotopic (exact) mass is 220 g/mol. The van der Waals surface area contributed by atoms with Crippen LogP contribution in [0.2, 0.25) is 0 Å². The van der Waals surface area contributed by atoms with Crippen LogP contribution in [0.15, 0.2) is 12.2 Å². The van der Waals surface area contributed by atoms with Crippen molar-refractivity contribution in [1.29, 1.82) is 0 Å². The Morgan fingerprint density at radius 3 is 2.50 bits per heavy atom. The minimum atomic E-state index is -1.22. The van der Waals surface area contributed by atoms with Crippen LogP contribution >= 0.6 is 0 Å². The zero-order valence-corrected chi connectivity index (χ0v) is 7.45. The van der Waals surface area contributed by atoms with E-state index in [0.29, 0.717) is 0 Å². The third kappa shape index (κ3) is 9.20. The van der Waals surface area contributed by atoms with Crippen LogP contribution in [-0.2, 0) is 31.4 Å². The number of carbonyl (C=O) groups excluding carboxylic acids is 2. The van der Waals surface area contributed by atoms with Gasteiger partial charge in [-0.3, -0.25) is 0 Å². The van der Waals surface area contributed by atoms with Gasteiger partial charge in [-0.1, -0.05) is 6.08 Å². The Morgan fingerprint density at radius 1 is 1.50 bits per heavy atom. The minimum absolute atomic E-state index is 0. The summed E-state index contributed by atoms with van der Waals surface area (Å²) in [4.78, 5) is 20.3. The van der Waals surface area contributed by atoms with Crippen molar-refractivity contribution in [2.75, 3.05) is 6.61 Å². The zero-order chi connectivity index (χ0) is 8.69. The van der Waals surface area contributed by atoms with Gasteiger partial charge in [0.1, 0.15) is 0 Å². The molecule has 0 aliphatic carbocycles. The molecule has 0 N–H and O–H groups in total. The van der Waals surface area contributed by atoms with Crippen LogP contribution in [0.25, 0.3) is 0 Å². The summed E-state index contributed by atoms with van der Waals surface area (Å²) in [7, 11) is 0. The molecule has 12 heavy (non-hydrogen) atoms. The van der Waals surface area contributed by atoms with Gasteiger partial charge in [0, 0.05) is 18.5 Å². The van der Waals surface area contributed by atoms with Crippen molar-refractivity contribution >= 4 is 11.9 Å².